The standard InChI is InChI=1S/C27H21ClN2O4S/c28-15-23(32)29-20-9-8-17(27-25(20)19-4-1-2-7-22(19)35-27)16-5-3-6-18-21(31)14-24(34-26(16)18)30-10-12-33-13-11-30/h1-9,14H,10-13,15H2,(H,29,32). The Morgan fingerprint density at radius 2 is 1.80 bits per heavy atom. The summed E-state index contributed by atoms with van der Waals surface area (Å²) < 4.78 is 14.0. The van der Waals surface area contributed by atoms with E-state index in [0.717, 1.165) is 31.3 Å². The lowest BCUT2D eigenvalue weighted by Gasteiger charge is -2.27. The number of carbonyl (C=O) groups is 1. The summed E-state index contributed by atoms with van der Waals surface area (Å²) in [6.07, 6.45) is 0. The van der Waals surface area contributed by atoms with Crippen LogP contribution in [0.2, 0.25) is 0 Å². The predicted molar refractivity (Wildman–Crippen MR) is 143 cm³/mol. The molecule has 0 unspecified atom stereocenters. The lowest BCUT2D eigenvalue weighted by Crippen LogP contribution is -2.36. The largest absolute Gasteiger partial charge is 0.440 e. The summed E-state index contributed by atoms with van der Waals surface area (Å²) in [5, 5.41) is 5.47. The maximum absolute atomic E-state index is 13.1. The van der Waals surface area contributed by atoms with Gasteiger partial charge in [0, 0.05) is 50.5 Å². The molecule has 6 nitrogen and oxygen atoms in total. The zero-order valence-electron chi connectivity index (χ0n) is 18.7. The van der Waals surface area contributed by atoms with Gasteiger partial charge in [0.2, 0.25) is 5.91 Å². The van der Waals surface area contributed by atoms with Crippen LogP contribution in [-0.2, 0) is 9.53 Å². The van der Waals surface area contributed by atoms with Crippen molar-refractivity contribution in [2.24, 2.45) is 0 Å². The molecule has 1 fully saturated rings. The Labute approximate surface area is 209 Å². The van der Waals surface area contributed by atoms with E-state index in [9.17, 15) is 9.59 Å². The third-order valence-electron chi connectivity index (χ3n) is 6.28. The van der Waals surface area contributed by atoms with Crippen molar-refractivity contribution in [2.75, 3.05) is 42.4 Å². The van der Waals surface area contributed by atoms with E-state index in [0.29, 0.717) is 48.8 Å². The van der Waals surface area contributed by atoms with Crippen LogP contribution in [0.15, 0.2) is 69.9 Å². The number of amides is 1. The molecule has 1 aliphatic rings. The highest BCUT2D eigenvalue weighted by Crippen LogP contribution is 2.45. The maximum atomic E-state index is 13.1. The first kappa shape index (κ1) is 22.1. The van der Waals surface area contributed by atoms with Gasteiger partial charge in [-0.3, -0.25) is 9.59 Å². The Morgan fingerprint density at radius 1 is 1.00 bits per heavy atom. The Morgan fingerprint density at radius 3 is 2.63 bits per heavy atom. The second-order valence-electron chi connectivity index (χ2n) is 8.38. The molecule has 176 valence electrons. The molecule has 1 saturated heterocycles. The normalized spacial score (nSPS) is 14.1. The van der Waals surface area contributed by atoms with Crippen molar-refractivity contribution < 1.29 is 13.9 Å². The summed E-state index contributed by atoms with van der Waals surface area (Å²) in [6.45, 7) is 2.54. The van der Waals surface area contributed by atoms with Crippen molar-refractivity contribution in [1.82, 2.24) is 0 Å². The molecule has 8 heteroatoms. The maximum Gasteiger partial charge on any atom is 0.239 e. The minimum atomic E-state index is -0.262. The van der Waals surface area contributed by atoms with E-state index in [2.05, 4.69) is 11.4 Å². The highest BCUT2D eigenvalue weighted by atomic mass is 35.5. The van der Waals surface area contributed by atoms with Gasteiger partial charge < -0.3 is 19.4 Å². The number of thiophene rings is 1. The molecule has 1 N–H and O–H groups in total. The molecule has 0 aliphatic carbocycles. The van der Waals surface area contributed by atoms with E-state index < -0.39 is 0 Å². The third-order valence-corrected chi connectivity index (χ3v) is 7.72. The van der Waals surface area contributed by atoms with E-state index >= 15 is 0 Å². The fourth-order valence-electron chi connectivity index (χ4n) is 4.64. The molecule has 3 aromatic carbocycles. The Hall–Kier alpha value is -3.39. The van der Waals surface area contributed by atoms with E-state index in [-0.39, 0.29) is 17.2 Å². The van der Waals surface area contributed by atoms with Crippen LogP contribution in [0.1, 0.15) is 0 Å². The molecule has 1 aliphatic heterocycles. The summed E-state index contributed by atoms with van der Waals surface area (Å²) in [5.74, 6) is 0.170. The summed E-state index contributed by atoms with van der Waals surface area (Å²) >= 11 is 7.41. The zero-order chi connectivity index (χ0) is 23.9. The Kier molecular flexibility index (Phi) is 5.68. The Balaban J connectivity index is 1.61. The van der Waals surface area contributed by atoms with Gasteiger partial charge in [0.15, 0.2) is 11.3 Å². The average Bonchev–Trinajstić information content (AvgIpc) is 3.29. The van der Waals surface area contributed by atoms with Gasteiger partial charge in [0.1, 0.15) is 11.5 Å². The number of nitrogens with zero attached hydrogens (tertiary/aromatic N) is 1. The molecule has 35 heavy (non-hydrogen) atoms. The highest BCUT2D eigenvalue weighted by Gasteiger charge is 2.20. The molecule has 2 aromatic heterocycles. The second kappa shape index (κ2) is 9.00. The first-order valence-electron chi connectivity index (χ1n) is 11.3. The summed E-state index contributed by atoms with van der Waals surface area (Å²) in [7, 11) is 0. The topological polar surface area (TPSA) is 71.8 Å². The molecule has 0 atom stereocenters. The minimum absolute atomic E-state index is 0.0758. The van der Waals surface area contributed by atoms with Crippen LogP contribution < -0.4 is 15.6 Å². The summed E-state index contributed by atoms with van der Waals surface area (Å²) in [5.41, 5.74) is 2.97. The van der Waals surface area contributed by atoms with Gasteiger partial charge in [-0.15, -0.1) is 22.9 Å². The van der Waals surface area contributed by atoms with Crippen molar-refractivity contribution in [2.45, 2.75) is 0 Å². The monoisotopic (exact) mass is 504 g/mol. The molecule has 5 aromatic rings. The van der Waals surface area contributed by atoms with Crippen LogP contribution in [0.25, 0.3) is 42.3 Å². The number of morpholine rings is 1. The van der Waals surface area contributed by atoms with Crippen molar-refractivity contribution >= 4 is 71.6 Å². The Bertz CT molecular complexity index is 1650. The van der Waals surface area contributed by atoms with Gasteiger partial charge >= 0.3 is 0 Å². The van der Waals surface area contributed by atoms with E-state index in [1.807, 2.05) is 47.4 Å². The van der Waals surface area contributed by atoms with Crippen LogP contribution in [0.3, 0.4) is 0 Å². The van der Waals surface area contributed by atoms with Gasteiger partial charge in [-0.05, 0) is 18.2 Å². The first-order valence-corrected chi connectivity index (χ1v) is 12.7. The van der Waals surface area contributed by atoms with Crippen molar-refractivity contribution in [3.63, 3.8) is 0 Å². The number of fused-ring (bicyclic) bond motifs is 4. The van der Waals surface area contributed by atoms with Gasteiger partial charge in [-0.2, -0.15) is 0 Å². The van der Waals surface area contributed by atoms with Crippen LogP contribution in [0.4, 0.5) is 11.6 Å². The van der Waals surface area contributed by atoms with Crippen molar-refractivity contribution in [3.05, 3.63) is 70.9 Å². The number of benzene rings is 3. The van der Waals surface area contributed by atoms with E-state index in [1.54, 1.807) is 23.5 Å². The van der Waals surface area contributed by atoms with E-state index in [4.69, 9.17) is 20.8 Å². The molecule has 3 heterocycles. The first-order chi connectivity index (χ1) is 17.1. The van der Waals surface area contributed by atoms with Crippen LogP contribution in [0, 0.1) is 0 Å². The molecule has 0 bridgehead atoms. The number of carbonyl (C=O) groups excluding carboxylic acids is 1. The number of alkyl halides is 1. The molecular weight excluding hydrogens is 484 g/mol. The molecule has 0 spiro atoms. The number of rotatable bonds is 4. The zero-order valence-corrected chi connectivity index (χ0v) is 20.2. The van der Waals surface area contributed by atoms with Gasteiger partial charge in [-0.1, -0.05) is 36.4 Å². The number of ether oxygens (including phenoxy) is 1. The second-order valence-corrected chi connectivity index (χ2v) is 9.69. The number of para-hydroxylation sites is 1. The van der Waals surface area contributed by atoms with E-state index in [1.165, 1.54) is 0 Å². The van der Waals surface area contributed by atoms with Crippen LogP contribution >= 0.6 is 22.9 Å². The lowest BCUT2D eigenvalue weighted by atomic mass is 9.99. The fraction of sp³-hybridized carbons (Fsp3) is 0.185. The number of hydrogen-bond donors (Lipinski definition) is 1. The van der Waals surface area contributed by atoms with Crippen LogP contribution in [-0.4, -0.2) is 38.1 Å². The molecule has 0 saturated carbocycles. The number of anilines is 2. The van der Waals surface area contributed by atoms with Gasteiger partial charge in [0.05, 0.1) is 24.3 Å². The van der Waals surface area contributed by atoms with Crippen molar-refractivity contribution in [3.8, 4) is 11.1 Å². The quantitative estimate of drug-likeness (QED) is 0.311. The minimum Gasteiger partial charge on any atom is -0.440 e. The number of halogens is 1. The molecule has 1 amide bonds. The SMILES string of the molecule is O=C(CCl)Nc1ccc(-c2cccc3c(=O)cc(N4CCOCC4)oc23)c2sc3ccccc3c12. The smallest absolute Gasteiger partial charge is 0.239 e. The van der Waals surface area contributed by atoms with Gasteiger partial charge in [0.25, 0.3) is 0 Å². The molecular formula is C27H21ClN2O4S. The van der Waals surface area contributed by atoms with Gasteiger partial charge in [-0.25, -0.2) is 0 Å². The van der Waals surface area contributed by atoms with Crippen molar-refractivity contribution in [1.29, 1.82) is 0 Å². The molecule has 0 radical (unpaired) electrons. The van der Waals surface area contributed by atoms with Crippen LogP contribution in [0.5, 0.6) is 0 Å². The summed E-state index contributed by atoms with van der Waals surface area (Å²) in [6, 6.07) is 19.2. The highest BCUT2D eigenvalue weighted by molar-refractivity contribution is 7.26. The number of hydrogen-bond acceptors (Lipinski definition) is 6. The predicted octanol–water partition coefficient (Wildman–Crippen LogP) is 5.84. The summed E-state index contributed by atoms with van der Waals surface area (Å²) in [4.78, 5) is 27.2. The number of nitrogens with one attached hydrogen (secondary N) is 1. The average molecular weight is 505 g/mol. The molecule has 6 rings (SSSR count). The third kappa shape index (κ3) is 3.86. The lowest BCUT2D eigenvalue weighted by molar-refractivity contribution is -0.113. The fourth-order valence-corrected chi connectivity index (χ4v) is 5.97.